The zero-order valence-electron chi connectivity index (χ0n) is 13.9. The summed E-state index contributed by atoms with van der Waals surface area (Å²) < 4.78 is 1.93. The topological polar surface area (TPSA) is 75.9 Å². The number of amides is 1. The first-order valence-electron chi connectivity index (χ1n) is 8.70. The van der Waals surface area contributed by atoms with E-state index in [1.165, 1.54) is 6.42 Å². The van der Waals surface area contributed by atoms with Crippen LogP contribution in [-0.2, 0) is 13.0 Å². The van der Waals surface area contributed by atoms with Crippen LogP contribution in [0.2, 0.25) is 0 Å². The van der Waals surface area contributed by atoms with Gasteiger partial charge in [0.15, 0.2) is 5.82 Å². The summed E-state index contributed by atoms with van der Waals surface area (Å²) in [5, 5.41) is 7.57. The van der Waals surface area contributed by atoms with Crippen LogP contribution in [0.4, 0.5) is 5.82 Å². The molecule has 4 rings (SSSR count). The van der Waals surface area contributed by atoms with Gasteiger partial charge in [-0.25, -0.2) is 14.6 Å². The second-order valence-electron chi connectivity index (χ2n) is 6.38. The Balaban J connectivity index is 1.47. The molecular weight excluding hydrogens is 304 g/mol. The van der Waals surface area contributed by atoms with E-state index in [9.17, 15) is 4.79 Å². The number of aryl methyl sites for hydroxylation is 2. The number of hydrogen-bond acceptors (Lipinski definition) is 5. The molecule has 0 unspecified atom stereocenters. The highest BCUT2D eigenvalue weighted by atomic mass is 16.1. The Morgan fingerprint density at radius 2 is 2.17 bits per heavy atom. The maximum Gasteiger partial charge on any atom is 0.253 e. The van der Waals surface area contributed by atoms with Crippen LogP contribution in [0.3, 0.4) is 0 Å². The highest BCUT2D eigenvalue weighted by Gasteiger charge is 2.26. The molecule has 7 heteroatoms. The highest BCUT2D eigenvalue weighted by Crippen LogP contribution is 2.24. The normalized spacial score (nSPS) is 19.5. The van der Waals surface area contributed by atoms with Gasteiger partial charge in [0.25, 0.3) is 5.91 Å². The fraction of sp³-hybridized carbons (Fsp3) is 0.529. The van der Waals surface area contributed by atoms with Crippen molar-refractivity contribution >= 4 is 11.7 Å². The van der Waals surface area contributed by atoms with Crippen LogP contribution in [-0.4, -0.2) is 38.7 Å². The quantitative estimate of drug-likeness (QED) is 0.926. The Kier molecular flexibility index (Phi) is 3.92. The summed E-state index contributed by atoms with van der Waals surface area (Å²) in [7, 11) is 0. The Hall–Kier alpha value is -2.44. The van der Waals surface area contributed by atoms with E-state index in [2.05, 4.69) is 25.3 Å². The number of anilines is 1. The van der Waals surface area contributed by atoms with E-state index in [-0.39, 0.29) is 11.9 Å². The lowest BCUT2D eigenvalue weighted by Gasteiger charge is -2.31. The summed E-state index contributed by atoms with van der Waals surface area (Å²) in [6.07, 6.45) is 5.58. The van der Waals surface area contributed by atoms with Crippen molar-refractivity contribution in [3.8, 4) is 0 Å². The lowest BCUT2D eigenvalue weighted by Crippen LogP contribution is -2.37. The average Bonchev–Trinajstić information content (AvgIpc) is 2.98. The molecule has 2 aliphatic rings. The molecule has 0 bridgehead atoms. The number of hydrogen-bond donors (Lipinski definition) is 1. The van der Waals surface area contributed by atoms with Crippen molar-refractivity contribution in [2.24, 2.45) is 0 Å². The molecule has 0 spiro atoms. The fourth-order valence-electron chi connectivity index (χ4n) is 3.18. The maximum absolute atomic E-state index is 12.5. The van der Waals surface area contributed by atoms with E-state index in [1.54, 1.807) is 6.20 Å². The number of rotatable bonds is 4. The summed E-state index contributed by atoms with van der Waals surface area (Å²) in [5.74, 6) is 2.56. The smallest absolute Gasteiger partial charge is 0.253 e. The van der Waals surface area contributed by atoms with Gasteiger partial charge < -0.3 is 10.2 Å². The third kappa shape index (κ3) is 2.74. The molecule has 4 heterocycles. The molecule has 1 saturated heterocycles. The third-order valence-corrected chi connectivity index (χ3v) is 4.73. The largest absolute Gasteiger partial charge is 0.356 e. The van der Waals surface area contributed by atoms with Crippen molar-refractivity contribution in [3.05, 3.63) is 35.5 Å². The molecule has 126 valence electrons. The summed E-state index contributed by atoms with van der Waals surface area (Å²) in [6, 6.07) is 3.70. The third-order valence-electron chi connectivity index (χ3n) is 4.73. The lowest BCUT2D eigenvalue weighted by molar-refractivity contribution is 0.0927. The van der Waals surface area contributed by atoms with E-state index in [4.69, 9.17) is 0 Å². The molecule has 7 nitrogen and oxygen atoms in total. The fourth-order valence-corrected chi connectivity index (χ4v) is 3.18. The van der Waals surface area contributed by atoms with Crippen molar-refractivity contribution in [3.63, 3.8) is 0 Å². The molecule has 0 saturated carbocycles. The second kappa shape index (κ2) is 6.22. The van der Waals surface area contributed by atoms with Gasteiger partial charge in [0.05, 0.1) is 11.6 Å². The van der Waals surface area contributed by atoms with Gasteiger partial charge in [-0.1, -0.05) is 6.92 Å². The molecule has 2 aromatic rings. The molecule has 1 fully saturated rings. The number of fused-ring (bicyclic) bond motifs is 1. The summed E-state index contributed by atoms with van der Waals surface area (Å²) >= 11 is 0. The number of carbonyl (C=O) groups is 1. The first kappa shape index (κ1) is 15.1. The predicted octanol–water partition coefficient (Wildman–Crippen LogP) is 1.71. The van der Waals surface area contributed by atoms with Crippen molar-refractivity contribution in [2.75, 3.05) is 18.0 Å². The lowest BCUT2D eigenvalue weighted by atomic mass is 10.1. The second-order valence-corrected chi connectivity index (χ2v) is 6.38. The number of nitrogens with zero attached hydrogens (tertiary/aromatic N) is 5. The van der Waals surface area contributed by atoms with E-state index >= 15 is 0 Å². The Morgan fingerprint density at radius 3 is 2.83 bits per heavy atom. The number of aromatic nitrogens is 4. The Labute approximate surface area is 141 Å². The summed E-state index contributed by atoms with van der Waals surface area (Å²) in [6.45, 7) is 5.02. The van der Waals surface area contributed by atoms with Gasteiger partial charge in [-0.3, -0.25) is 4.79 Å². The first-order chi connectivity index (χ1) is 11.7. The molecule has 2 aliphatic heterocycles. The maximum atomic E-state index is 12.5. The van der Waals surface area contributed by atoms with Crippen LogP contribution in [0.15, 0.2) is 18.3 Å². The average molecular weight is 326 g/mol. The van der Waals surface area contributed by atoms with Gasteiger partial charge in [-0.2, -0.15) is 5.10 Å². The van der Waals surface area contributed by atoms with Crippen LogP contribution < -0.4 is 10.2 Å². The van der Waals surface area contributed by atoms with Crippen molar-refractivity contribution in [1.29, 1.82) is 0 Å². The highest BCUT2D eigenvalue weighted by molar-refractivity contribution is 5.94. The van der Waals surface area contributed by atoms with Crippen molar-refractivity contribution in [2.45, 2.75) is 45.2 Å². The standard InChI is InChI=1S/C17H22N6O/c1-2-14-20-16-13(5-3-10-23(16)21-14)19-17(24)12-6-7-15(18-11-12)22-8-4-9-22/h6-7,11,13H,2-5,8-10H2,1H3,(H,19,24)/t13-/m1/s1. The van der Waals surface area contributed by atoms with Crippen molar-refractivity contribution in [1.82, 2.24) is 25.1 Å². The van der Waals surface area contributed by atoms with E-state index < -0.39 is 0 Å². The molecule has 1 atom stereocenters. The summed E-state index contributed by atoms with van der Waals surface area (Å²) in [5.41, 5.74) is 0.589. The van der Waals surface area contributed by atoms with Crippen molar-refractivity contribution < 1.29 is 4.79 Å². The molecule has 0 aliphatic carbocycles. The number of pyridine rings is 1. The van der Waals surface area contributed by atoms with Crippen LogP contribution >= 0.6 is 0 Å². The molecule has 2 aromatic heterocycles. The molecule has 1 N–H and O–H groups in total. The zero-order chi connectivity index (χ0) is 16.5. The number of carbonyl (C=O) groups excluding carboxylic acids is 1. The molecular formula is C17H22N6O. The van der Waals surface area contributed by atoms with Crippen LogP contribution in [0, 0.1) is 0 Å². The molecule has 24 heavy (non-hydrogen) atoms. The van der Waals surface area contributed by atoms with Crippen LogP contribution in [0.1, 0.15) is 54.2 Å². The van der Waals surface area contributed by atoms with E-state index in [1.807, 2.05) is 23.7 Å². The molecule has 0 radical (unpaired) electrons. The monoisotopic (exact) mass is 326 g/mol. The minimum Gasteiger partial charge on any atom is -0.356 e. The van der Waals surface area contributed by atoms with E-state index in [0.29, 0.717) is 5.56 Å². The first-order valence-corrected chi connectivity index (χ1v) is 8.70. The van der Waals surface area contributed by atoms with Gasteiger partial charge >= 0.3 is 0 Å². The van der Waals surface area contributed by atoms with Gasteiger partial charge in [-0.05, 0) is 31.4 Å². The van der Waals surface area contributed by atoms with Gasteiger partial charge in [-0.15, -0.1) is 0 Å². The number of nitrogens with one attached hydrogen (secondary N) is 1. The molecule has 0 aromatic carbocycles. The minimum absolute atomic E-state index is 0.0749. The van der Waals surface area contributed by atoms with Gasteiger partial charge in [0, 0.05) is 32.3 Å². The van der Waals surface area contributed by atoms with Gasteiger partial charge in [0.2, 0.25) is 0 Å². The predicted molar refractivity (Wildman–Crippen MR) is 89.9 cm³/mol. The Bertz CT molecular complexity index is 734. The molecule has 1 amide bonds. The Morgan fingerprint density at radius 1 is 1.29 bits per heavy atom. The SMILES string of the molecule is CCc1nc2n(n1)CCC[C@H]2NC(=O)c1ccc(N2CCC2)nc1. The van der Waals surface area contributed by atoms with Gasteiger partial charge in [0.1, 0.15) is 11.6 Å². The van der Waals surface area contributed by atoms with Crippen LogP contribution in [0.5, 0.6) is 0 Å². The summed E-state index contributed by atoms with van der Waals surface area (Å²) in [4.78, 5) is 23.7. The zero-order valence-corrected chi connectivity index (χ0v) is 13.9. The van der Waals surface area contributed by atoms with E-state index in [0.717, 1.165) is 56.4 Å². The van der Waals surface area contributed by atoms with Crippen LogP contribution in [0.25, 0.3) is 0 Å². The minimum atomic E-state index is -0.0999.